The zero-order valence-corrected chi connectivity index (χ0v) is 9.04. The molecule has 0 aromatic heterocycles. The SMILES string of the molecule is CO[C@H]1O[C@H](CO)[C@H](O)[C@](C)(O)[C@@]1(C)O. The van der Waals surface area contributed by atoms with Crippen LogP contribution in [0.3, 0.4) is 0 Å². The Balaban J connectivity index is 3.01. The Hall–Kier alpha value is -0.240. The molecule has 0 unspecified atom stereocenters. The van der Waals surface area contributed by atoms with Crippen LogP contribution < -0.4 is 0 Å². The molecule has 0 spiro atoms. The molecule has 0 aromatic rings. The van der Waals surface area contributed by atoms with Crippen molar-refractivity contribution in [1.29, 1.82) is 0 Å². The van der Waals surface area contributed by atoms with Crippen molar-refractivity contribution in [3.05, 3.63) is 0 Å². The largest absolute Gasteiger partial charge is 0.394 e. The number of ether oxygens (including phenoxy) is 2. The summed E-state index contributed by atoms with van der Waals surface area (Å²) >= 11 is 0. The molecule has 6 heteroatoms. The molecule has 1 saturated heterocycles. The maximum Gasteiger partial charge on any atom is 0.189 e. The average Bonchev–Trinajstić information content (AvgIpc) is 2.16. The van der Waals surface area contributed by atoms with Gasteiger partial charge in [-0.2, -0.15) is 0 Å². The molecule has 0 aliphatic carbocycles. The topological polar surface area (TPSA) is 99.4 Å². The van der Waals surface area contributed by atoms with Gasteiger partial charge in [0.2, 0.25) is 0 Å². The number of aliphatic hydroxyl groups excluding tert-OH is 2. The molecule has 0 bridgehead atoms. The van der Waals surface area contributed by atoms with Gasteiger partial charge in [0.25, 0.3) is 0 Å². The summed E-state index contributed by atoms with van der Waals surface area (Å²) in [6, 6.07) is 0. The van der Waals surface area contributed by atoms with Crippen molar-refractivity contribution >= 4 is 0 Å². The first-order valence-corrected chi connectivity index (χ1v) is 4.71. The Morgan fingerprint density at radius 1 is 1.27 bits per heavy atom. The second kappa shape index (κ2) is 3.97. The molecule has 5 atom stereocenters. The first-order chi connectivity index (χ1) is 6.79. The second-order valence-electron chi connectivity index (χ2n) is 4.16. The first kappa shape index (κ1) is 12.8. The van der Waals surface area contributed by atoms with E-state index in [1.54, 1.807) is 0 Å². The van der Waals surface area contributed by atoms with Gasteiger partial charge in [0.05, 0.1) is 6.61 Å². The minimum absolute atomic E-state index is 0.465. The predicted molar refractivity (Wildman–Crippen MR) is 50.0 cm³/mol. The number of methoxy groups -OCH3 is 1. The normalized spacial score (nSPS) is 51.8. The van der Waals surface area contributed by atoms with Crippen LogP contribution in [0.1, 0.15) is 13.8 Å². The summed E-state index contributed by atoms with van der Waals surface area (Å²) in [7, 11) is 1.31. The van der Waals surface area contributed by atoms with E-state index in [1.165, 1.54) is 21.0 Å². The summed E-state index contributed by atoms with van der Waals surface area (Å²) in [6.45, 7) is 2.11. The van der Waals surface area contributed by atoms with Crippen molar-refractivity contribution in [3.8, 4) is 0 Å². The molecule has 0 aromatic carbocycles. The van der Waals surface area contributed by atoms with Gasteiger partial charge in [-0.05, 0) is 13.8 Å². The van der Waals surface area contributed by atoms with Gasteiger partial charge >= 0.3 is 0 Å². The van der Waals surface area contributed by atoms with Crippen LogP contribution in [0, 0.1) is 0 Å². The third kappa shape index (κ3) is 1.77. The molecule has 1 rings (SSSR count). The van der Waals surface area contributed by atoms with Crippen LogP contribution in [-0.4, -0.2) is 63.8 Å². The molecule has 1 aliphatic heterocycles. The zero-order chi connectivity index (χ0) is 11.9. The third-order valence-electron chi connectivity index (χ3n) is 3.10. The van der Waals surface area contributed by atoms with E-state index >= 15 is 0 Å². The highest BCUT2D eigenvalue weighted by molar-refractivity contribution is 5.06. The lowest BCUT2D eigenvalue weighted by Gasteiger charge is -2.51. The lowest BCUT2D eigenvalue weighted by Crippen LogP contribution is -2.72. The lowest BCUT2D eigenvalue weighted by molar-refractivity contribution is -0.360. The Morgan fingerprint density at radius 2 is 1.80 bits per heavy atom. The van der Waals surface area contributed by atoms with Gasteiger partial charge in [0.1, 0.15) is 23.4 Å². The van der Waals surface area contributed by atoms with E-state index in [0.717, 1.165) is 0 Å². The van der Waals surface area contributed by atoms with Crippen molar-refractivity contribution in [2.75, 3.05) is 13.7 Å². The fraction of sp³-hybridized carbons (Fsp3) is 1.00. The molecule has 6 nitrogen and oxygen atoms in total. The standard InChI is InChI=1S/C9H18O6/c1-8(12)6(11)5(4-10)15-7(14-3)9(8,2)13/h5-7,10-13H,4H2,1-3H3/t5-,6+,7+,8+,9+/m1/s1. The average molecular weight is 222 g/mol. The molecule has 1 heterocycles. The van der Waals surface area contributed by atoms with Crippen molar-refractivity contribution in [2.24, 2.45) is 0 Å². The highest BCUT2D eigenvalue weighted by Crippen LogP contribution is 2.37. The summed E-state index contributed by atoms with van der Waals surface area (Å²) < 4.78 is 9.98. The molecular formula is C9H18O6. The van der Waals surface area contributed by atoms with Crippen molar-refractivity contribution in [2.45, 2.75) is 43.5 Å². The van der Waals surface area contributed by atoms with Crippen LogP contribution in [0.4, 0.5) is 0 Å². The monoisotopic (exact) mass is 222 g/mol. The highest BCUT2D eigenvalue weighted by atomic mass is 16.7. The molecule has 1 aliphatic rings. The Bertz CT molecular complexity index is 227. The maximum atomic E-state index is 10.0. The zero-order valence-electron chi connectivity index (χ0n) is 9.04. The van der Waals surface area contributed by atoms with Crippen LogP contribution in [0.25, 0.3) is 0 Å². The van der Waals surface area contributed by atoms with Gasteiger partial charge in [-0.25, -0.2) is 0 Å². The quantitative estimate of drug-likeness (QED) is 0.440. The van der Waals surface area contributed by atoms with Crippen molar-refractivity contribution < 1.29 is 29.9 Å². The van der Waals surface area contributed by atoms with Gasteiger partial charge in [-0.3, -0.25) is 0 Å². The van der Waals surface area contributed by atoms with E-state index in [9.17, 15) is 15.3 Å². The summed E-state index contributed by atoms with van der Waals surface area (Å²) in [5.74, 6) is 0. The molecule has 15 heavy (non-hydrogen) atoms. The van der Waals surface area contributed by atoms with Crippen LogP contribution in [0.15, 0.2) is 0 Å². The molecular weight excluding hydrogens is 204 g/mol. The number of hydrogen-bond donors (Lipinski definition) is 4. The number of hydrogen-bond acceptors (Lipinski definition) is 6. The maximum absolute atomic E-state index is 10.0. The fourth-order valence-electron chi connectivity index (χ4n) is 1.69. The fourth-order valence-corrected chi connectivity index (χ4v) is 1.69. The highest BCUT2D eigenvalue weighted by Gasteiger charge is 2.59. The second-order valence-corrected chi connectivity index (χ2v) is 4.16. The van der Waals surface area contributed by atoms with Gasteiger partial charge in [-0.15, -0.1) is 0 Å². The van der Waals surface area contributed by atoms with Gasteiger partial charge < -0.3 is 29.9 Å². The van der Waals surface area contributed by atoms with Crippen molar-refractivity contribution in [3.63, 3.8) is 0 Å². The van der Waals surface area contributed by atoms with Crippen LogP contribution >= 0.6 is 0 Å². The van der Waals surface area contributed by atoms with Crippen LogP contribution in [-0.2, 0) is 9.47 Å². The Labute approximate surface area is 88.1 Å². The molecule has 0 saturated carbocycles. The Morgan fingerprint density at radius 3 is 2.20 bits per heavy atom. The smallest absolute Gasteiger partial charge is 0.189 e. The summed E-state index contributed by atoms with van der Waals surface area (Å²) in [4.78, 5) is 0. The van der Waals surface area contributed by atoms with E-state index in [1.807, 2.05) is 0 Å². The molecule has 1 fully saturated rings. The number of rotatable bonds is 2. The summed E-state index contributed by atoms with van der Waals surface area (Å²) in [6.07, 6.45) is -3.47. The first-order valence-electron chi connectivity index (χ1n) is 4.71. The summed E-state index contributed by atoms with van der Waals surface area (Å²) in [5, 5.41) is 38.6. The van der Waals surface area contributed by atoms with E-state index < -0.39 is 36.3 Å². The number of aliphatic hydroxyl groups is 4. The minimum atomic E-state index is -1.82. The van der Waals surface area contributed by atoms with Gasteiger partial charge in [-0.1, -0.05) is 0 Å². The third-order valence-corrected chi connectivity index (χ3v) is 3.10. The van der Waals surface area contributed by atoms with Crippen molar-refractivity contribution in [1.82, 2.24) is 0 Å². The predicted octanol–water partition coefficient (Wildman–Crippen LogP) is -1.79. The molecule has 0 radical (unpaired) electrons. The van der Waals surface area contributed by atoms with E-state index in [-0.39, 0.29) is 0 Å². The van der Waals surface area contributed by atoms with E-state index in [4.69, 9.17) is 14.6 Å². The van der Waals surface area contributed by atoms with E-state index in [2.05, 4.69) is 0 Å². The molecule has 4 N–H and O–H groups in total. The van der Waals surface area contributed by atoms with Gasteiger partial charge in [0.15, 0.2) is 6.29 Å². The molecule has 0 amide bonds. The molecule has 90 valence electrons. The van der Waals surface area contributed by atoms with Gasteiger partial charge in [0, 0.05) is 7.11 Å². The van der Waals surface area contributed by atoms with Crippen LogP contribution in [0.5, 0.6) is 0 Å². The minimum Gasteiger partial charge on any atom is -0.394 e. The lowest BCUT2D eigenvalue weighted by atomic mass is 9.76. The van der Waals surface area contributed by atoms with Crippen LogP contribution in [0.2, 0.25) is 0 Å². The summed E-state index contributed by atoms with van der Waals surface area (Å²) in [5.41, 5.74) is -3.58. The van der Waals surface area contributed by atoms with E-state index in [0.29, 0.717) is 0 Å². The Kier molecular flexibility index (Phi) is 3.39.